The van der Waals surface area contributed by atoms with Gasteiger partial charge in [0.25, 0.3) is 0 Å². The van der Waals surface area contributed by atoms with Gasteiger partial charge < -0.3 is 10.6 Å². The summed E-state index contributed by atoms with van der Waals surface area (Å²) in [6.07, 6.45) is 8.18. The van der Waals surface area contributed by atoms with Crippen LogP contribution in [0.15, 0.2) is 0 Å². The van der Waals surface area contributed by atoms with E-state index in [0.29, 0.717) is 11.5 Å². The van der Waals surface area contributed by atoms with E-state index in [2.05, 4.69) is 11.8 Å². The molecule has 2 nitrogen and oxygen atoms in total. The Hall–Kier alpha value is -0.0800. The first-order valence-electron chi connectivity index (χ1n) is 6.22. The number of hydrogen-bond acceptors (Lipinski definition) is 2. The number of nitrogens with two attached hydrogens (primary N) is 1. The van der Waals surface area contributed by atoms with Crippen LogP contribution in [0.5, 0.6) is 0 Å². The van der Waals surface area contributed by atoms with Gasteiger partial charge in [0.2, 0.25) is 0 Å². The van der Waals surface area contributed by atoms with E-state index in [-0.39, 0.29) is 0 Å². The molecule has 0 radical (unpaired) electrons. The van der Waals surface area contributed by atoms with Crippen molar-refractivity contribution in [1.29, 1.82) is 0 Å². The Bertz CT molecular complexity index is 173. The molecule has 0 aromatic carbocycles. The molecule has 14 heavy (non-hydrogen) atoms. The van der Waals surface area contributed by atoms with E-state index >= 15 is 0 Å². The molecule has 1 heterocycles. The Balaban J connectivity index is 1.86. The summed E-state index contributed by atoms with van der Waals surface area (Å²) in [5.74, 6) is 0. The van der Waals surface area contributed by atoms with Crippen LogP contribution in [0.3, 0.4) is 0 Å². The fourth-order valence-electron chi connectivity index (χ4n) is 3.10. The highest BCUT2D eigenvalue weighted by atomic mass is 15.1. The van der Waals surface area contributed by atoms with Crippen molar-refractivity contribution in [2.24, 2.45) is 11.1 Å². The third kappa shape index (κ3) is 2.12. The van der Waals surface area contributed by atoms with Gasteiger partial charge in [-0.3, -0.25) is 0 Å². The number of rotatable bonds is 1. The van der Waals surface area contributed by atoms with Crippen molar-refractivity contribution in [2.75, 3.05) is 19.6 Å². The molecule has 2 rings (SSSR count). The van der Waals surface area contributed by atoms with E-state index in [0.717, 1.165) is 0 Å². The SMILES string of the molecule is CCN1CCC2(CCC(N)CC2)CC1. The first-order chi connectivity index (χ1) is 6.74. The van der Waals surface area contributed by atoms with Crippen molar-refractivity contribution >= 4 is 0 Å². The predicted molar refractivity (Wildman–Crippen MR) is 60.2 cm³/mol. The topological polar surface area (TPSA) is 29.3 Å². The monoisotopic (exact) mass is 196 g/mol. The molecule has 82 valence electrons. The Morgan fingerprint density at radius 3 is 2.21 bits per heavy atom. The fourth-order valence-corrected chi connectivity index (χ4v) is 3.10. The van der Waals surface area contributed by atoms with Crippen LogP contribution in [-0.2, 0) is 0 Å². The summed E-state index contributed by atoms with van der Waals surface area (Å²) in [6, 6.07) is 0.504. The van der Waals surface area contributed by atoms with Crippen LogP contribution in [0.2, 0.25) is 0 Å². The Morgan fingerprint density at radius 2 is 1.71 bits per heavy atom. The highest BCUT2D eigenvalue weighted by molar-refractivity contribution is 4.90. The van der Waals surface area contributed by atoms with Gasteiger partial charge in [0.15, 0.2) is 0 Å². The molecule has 0 bridgehead atoms. The van der Waals surface area contributed by atoms with Crippen LogP contribution in [0.1, 0.15) is 45.4 Å². The zero-order valence-electron chi connectivity index (χ0n) is 9.47. The highest BCUT2D eigenvalue weighted by Crippen LogP contribution is 2.44. The summed E-state index contributed by atoms with van der Waals surface area (Å²) in [7, 11) is 0. The second-order valence-electron chi connectivity index (χ2n) is 5.27. The summed E-state index contributed by atoms with van der Waals surface area (Å²) < 4.78 is 0. The molecule has 0 atom stereocenters. The maximum absolute atomic E-state index is 5.97. The standard InChI is InChI=1S/C12H24N2/c1-2-14-9-7-12(8-10-14)5-3-11(13)4-6-12/h11H,2-10,13H2,1H3. The van der Waals surface area contributed by atoms with Crippen LogP contribution in [0.4, 0.5) is 0 Å². The first-order valence-corrected chi connectivity index (χ1v) is 6.22. The van der Waals surface area contributed by atoms with Gasteiger partial charge in [0.1, 0.15) is 0 Å². The van der Waals surface area contributed by atoms with E-state index in [1.807, 2.05) is 0 Å². The second kappa shape index (κ2) is 4.19. The second-order valence-corrected chi connectivity index (χ2v) is 5.27. The molecule has 2 N–H and O–H groups in total. The molecule has 1 aliphatic heterocycles. The predicted octanol–water partition coefficient (Wildman–Crippen LogP) is 1.99. The third-order valence-corrected chi connectivity index (χ3v) is 4.45. The smallest absolute Gasteiger partial charge is 0.00392 e. The molecule has 0 aromatic rings. The Kier molecular flexibility index (Phi) is 3.13. The number of likely N-dealkylation sites (tertiary alicyclic amines) is 1. The molecule has 1 spiro atoms. The van der Waals surface area contributed by atoms with Crippen LogP contribution < -0.4 is 5.73 Å². The average molecular weight is 196 g/mol. The molecule has 0 aromatic heterocycles. The van der Waals surface area contributed by atoms with Gasteiger partial charge in [-0.25, -0.2) is 0 Å². The number of hydrogen-bond donors (Lipinski definition) is 1. The third-order valence-electron chi connectivity index (χ3n) is 4.45. The van der Waals surface area contributed by atoms with Gasteiger partial charge in [-0.15, -0.1) is 0 Å². The molecule has 0 unspecified atom stereocenters. The van der Waals surface area contributed by atoms with Gasteiger partial charge in [-0.2, -0.15) is 0 Å². The Morgan fingerprint density at radius 1 is 1.14 bits per heavy atom. The molecular weight excluding hydrogens is 172 g/mol. The van der Waals surface area contributed by atoms with Crippen molar-refractivity contribution in [2.45, 2.75) is 51.5 Å². The van der Waals surface area contributed by atoms with E-state index in [4.69, 9.17) is 5.73 Å². The maximum Gasteiger partial charge on any atom is 0.00392 e. The quantitative estimate of drug-likeness (QED) is 0.695. The molecular formula is C12H24N2. The van der Waals surface area contributed by atoms with Gasteiger partial charge >= 0.3 is 0 Å². The van der Waals surface area contributed by atoms with Crippen LogP contribution in [0.25, 0.3) is 0 Å². The van der Waals surface area contributed by atoms with Crippen LogP contribution in [-0.4, -0.2) is 30.6 Å². The number of piperidine rings is 1. The fraction of sp³-hybridized carbons (Fsp3) is 1.00. The zero-order chi connectivity index (χ0) is 10.0. The van der Waals surface area contributed by atoms with Crippen molar-refractivity contribution < 1.29 is 0 Å². The average Bonchev–Trinajstić information content (AvgIpc) is 2.24. The summed E-state index contributed by atoms with van der Waals surface area (Å²) in [5, 5.41) is 0. The lowest BCUT2D eigenvalue weighted by atomic mass is 9.67. The summed E-state index contributed by atoms with van der Waals surface area (Å²) in [4.78, 5) is 2.58. The minimum Gasteiger partial charge on any atom is -0.328 e. The minimum absolute atomic E-state index is 0.504. The number of nitrogens with zero attached hydrogens (tertiary/aromatic N) is 1. The highest BCUT2D eigenvalue weighted by Gasteiger charge is 2.36. The molecule has 1 saturated heterocycles. The summed E-state index contributed by atoms with van der Waals surface area (Å²) >= 11 is 0. The van der Waals surface area contributed by atoms with Gasteiger partial charge in [0.05, 0.1) is 0 Å². The van der Waals surface area contributed by atoms with Crippen molar-refractivity contribution in [3.63, 3.8) is 0 Å². The van der Waals surface area contributed by atoms with Gasteiger partial charge in [-0.05, 0) is 63.6 Å². The van der Waals surface area contributed by atoms with E-state index in [1.54, 1.807) is 0 Å². The molecule has 2 heteroatoms. The minimum atomic E-state index is 0.504. The van der Waals surface area contributed by atoms with Gasteiger partial charge in [-0.1, -0.05) is 6.92 Å². The molecule has 1 saturated carbocycles. The van der Waals surface area contributed by atoms with Gasteiger partial charge in [0, 0.05) is 6.04 Å². The maximum atomic E-state index is 5.97. The van der Waals surface area contributed by atoms with Crippen LogP contribution in [0, 0.1) is 5.41 Å². The van der Waals surface area contributed by atoms with Crippen molar-refractivity contribution in [3.05, 3.63) is 0 Å². The summed E-state index contributed by atoms with van der Waals surface area (Å²) in [5.41, 5.74) is 6.66. The van der Waals surface area contributed by atoms with Crippen LogP contribution >= 0.6 is 0 Å². The van der Waals surface area contributed by atoms with E-state index in [9.17, 15) is 0 Å². The van der Waals surface area contributed by atoms with Crippen molar-refractivity contribution in [3.8, 4) is 0 Å². The molecule has 2 aliphatic rings. The van der Waals surface area contributed by atoms with E-state index in [1.165, 1.54) is 58.2 Å². The first kappa shape index (κ1) is 10.4. The molecule has 0 amide bonds. The van der Waals surface area contributed by atoms with Crippen molar-refractivity contribution in [1.82, 2.24) is 4.90 Å². The van der Waals surface area contributed by atoms with E-state index < -0.39 is 0 Å². The molecule has 2 fully saturated rings. The Labute approximate surface area is 87.8 Å². The lowest BCUT2D eigenvalue weighted by Crippen LogP contribution is -2.43. The lowest BCUT2D eigenvalue weighted by Gasteiger charge is -2.45. The molecule has 1 aliphatic carbocycles. The zero-order valence-corrected chi connectivity index (χ0v) is 9.47. The lowest BCUT2D eigenvalue weighted by molar-refractivity contribution is 0.0655. The normalized spacial score (nSPS) is 29.6. The largest absolute Gasteiger partial charge is 0.328 e. The summed E-state index contributed by atoms with van der Waals surface area (Å²) in [6.45, 7) is 6.15.